The third-order valence-corrected chi connectivity index (χ3v) is 7.54. The highest BCUT2D eigenvalue weighted by Crippen LogP contribution is 2.36. The molecule has 2 fully saturated rings. The van der Waals surface area contributed by atoms with Crippen LogP contribution in [0.2, 0.25) is 0 Å². The molecule has 1 aromatic carbocycles. The monoisotopic (exact) mass is 323 g/mol. The van der Waals surface area contributed by atoms with Gasteiger partial charge in [-0.25, -0.2) is 8.42 Å². The quantitative estimate of drug-likeness (QED) is 0.859. The highest BCUT2D eigenvalue weighted by molar-refractivity contribution is 7.89. The molecule has 3 rings (SSSR count). The highest BCUT2D eigenvalue weighted by Gasteiger charge is 2.42. The van der Waals surface area contributed by atoms with E-state index >= 15 is 0 Å². The minimum Gasteiger partial charge on any atom is -0.381 e. The second-order valence-corrected chi connectivity index (χ2v) is 8.73. The first-order chi connectivity index (χ1) is 10.5. The van der Waals surface area contributed by atoms with Crippen LogP contribution in [0.25, 0.3) is 0 Å². The molecule has 1 aromatic rings. The van der Waals surface area contributed by atoms with E-state index in [9.17, 15) is 8.42 Å². The van der Waals surface area contributed by atoms with E-state index in [2.05, 4.69) is 19.1 Å². The largest absolute Gasteiger partial charge is 0.381 e. The van der Waals surface area contributed by atoms with Gasteiger partial charge in [-0.15, -0.1) is 0 Å². The summed E-state index contributed by atoms with van der Waals surface area (Å²) >= 11 is 0. The average Bonchev–Trinajstić information content (AvgIpc) is 2.91. The van der Waals surface area contributed by atoms with Crippen LogP contribution in [0.15, 0.2) is 24.3 Å². The maximum atomic E-state index is 12.9. The summed E-state index contributed by atoms with van der Waals surface area (Å²) in [5.41, 5.74) is 2.55. The number of sulfonamides is 1. The number of ether oxygens (including phenoxy) is 1. The maximum absolute atomic E-state index is 12.9. The minimum absolute atomic E-state index is 0.0810. The predicted octanol–water partition coefficient (Wildman–Crippen LogP) is 2.68. The van der Waals surface area contributed by atoms with Crippen molar-refractivity contribution in [3.05, 3.63) is 35.4 Å². The normalized spacial score (nSPS) is 28.1. The van der Waals surface area contributed by atoms with Gasteiger partial charge in [-0.05, 0) is 50.2 Å². The molecular formula is C17H25NO3S. The zero-order chi connectivity index (χ0) is 15.7. The zero-order valence-electron chi connectivity index (χ0n) is 13.4. The van der Waals surface area contributed by atoms with E-state index in [0.29, 0.717) is 38.5 Å². The Labute approximate surface area is 133 Å². The van der Waals surface area contributed by atoms with Crippen molar-refractivity contribution < 1.29 is 13.2 Å². The van der Waals surface area contributed by atoms with Gasteiger partial charge in [0.25, 0.3) is 0 Å². The number of rotatable bonds is 3. The summed E-state index contributed by atoms with van der Waals surface area (Å²) in [4.78, 5) is 0. The summed E-state index contributed by atoms with van der Waals surface area (Å²) in [6.07, 6.45) is 2.16. The maximum Gasteiger partial charge on any atom is 0.217 e. The number of nitrogens with zero attached hydrogens (tertiary/aromatic N) is 1. The van der Waals surface area contributed by atoms with E-state index in [1.807, 2.05) is 19.1 Å². The lowest BCUT2D eigenvalue weighted by Gasteiger charge is -2.29. The molecule has 4 nitrogen and oxygen atoms in total. The van der Waals surface area contributed by atoms with Crippen molar-refractivity contribution in [2.75, 3.05) is 19.8 Å². The van der Waals surface area contributed by atoms with Gasteiger partial charge in [-0.2, -0.15) is 4.31 Å². The average molecular weight is 323 g/mol. The van der Waals surface area contributed by atoms with Crippen LogP contribution in [-0.4, -0.2) is 43.8 Å². The molecule has 22 heavy (non-hydrogen) atoms. The first-order valence-electron chi connectivity index (χ1n) is 8.14. The molecule has 0 amide bonds. The van der Waals surface area contributed by atoms with Crippen LogP contribution in [0.1, 0.15) is 43.2 Å². The second-order valence-electron chi connectivity index (χ2n) is 6.56. The second kappa shape index (κ2) is 6.30. The summed E-state index contributed by atoms with van der Waals surface area (Å²) in [7, 11) is -3.21. The van der Waals surface area contributed by atoms with Gasteiger partial charge < -0.3 is 4.74 Å². The first kappa shape index (κ1) is 16.0. The summed E-state index contributed by atoms with van der Waals surface area (Å²) in [5.74, 6) is 0.311. The Bertz CT molecular complexity index is 623. The van der Waals surface area contributed by atoms with Gasteiger partial charge in [-0.3, -0.25) is 0 Å². The smallest absolute Gasteiger partial charge is 0.217 e. The lowest BCUT2D eigenvalue weighted by Crippen LogP contribution is -2.43. The van der Waals surface area contributed by atoms with Crippen LogP contribution in [0.5, 0.6) is 0 Å². The fraction of sp³-hybridized carbons (Fsp3) is 0.647. The van der Waals surface area contributed by atoms with Crippen molar-refractivity contribution in [1.82, 2.24) is 4.31 Å². The van der Waals surface area contributed by atoms with Crippen LogP contribution in [0, 0.1) is 6.92 Å². The van der Waals surface area contributed by atoms with E-state index in [1.54, 1.807) is 4.31 Å². The molecule has 0 spiro atoms. The van der Waals surface area contributed by atoms with Crippen LogP contribution in [0.3, 0.4) is 0 Å². The molecule has 0 saturated carbocycles. The Hall–Kier alpha value is -0.910. The summed E-state index contributed by atoms with van der Waals surface area (Å²) < 4.78 is 32.9. The van der Waals surface area contributed by atoms with Crippen molar-refractivity contribution in [2.24, 2.45) is 0 Å². The molecule has 0 unspecified atom stereocenters. The number of benzene rings is 1. The Kier molecular flexibility index (Phi) is 4.57. The van der Waals surface area contributed by atoms with Crippen molar-refractivity contribution in [3.8, 4) is 0 Å². The fourth-order valence-electron chi connectivity index (χ4n) is 3.79. The third-order valence-electron chi connectivity index (χ3n) is 5.06. The molecular weight excluding hydrogens is 298 g/mol. The third kappa shape index (κ3) is 2.94. The number of hydrogen-bond acceptors (Lipinski definition) is 3. The molecule has 5 heteroatoms. The Morgan fingerprint density at radius 1 is 1.18 bits per heavy atom. The standard InChI is InChI=1S/C17H25NO3S/c1-13-5-3-4-6-17(13)15-11-14(2)18(12-15)22(19,20)16-7-9-21-10-8-16/h3-6,14-16H,7-12H2,1-2H3/t14-,15-/m0/s1. The van der Waals surface area contributed by atoms with Crippen LogP contribution >= 0.6 is 0 Å². The Morgan fingerprint density at radius 3 is 2.55 bits per heavy atom. The van der Waals surface area contributed by atoms with Gasteiger partial charge in [0.2, 0.25) is 10.0 Å². The predicted molar refractivity (Wildman–Crippen MR) is 87.5 cm³/mol. The van der Waals surface area contributed by atoms with E-state index < -0.39 is 10.0 Å². The van der Waals surface area contributed by atoms with Crippen molar-refractivity contribution in [3.63, 3.8) is 0 Å². The van der Waals surface area contributed by atoms with E-state index in [0.717, 1.165) is 6.42 Å². The molecule has 2 saturated heterocycles. The van der Waals surface area contributed by atoms with E-state index in [4.69, 9.17) is 4.74 Å². The van der Waals surface area contributed by atoms with Crippen molar-refractivity contribution in [2.45, 2.75) is 50.3 Å². The van der Waals surface area contributed by atoms with Crippen LogP contribution < -0.4 is 0 Å². The summed E-state index contributed by atoms with van der Waals surface area (Å²) in [5, 5.41) is -0.265. The van der Waals surface area contributed by atoms with Gasteiger partial charge in [0.05, 0.1) is 5.25 Å². The van der Waals surface area contributed by atoms with Crippen molar-refractivity contribution in [1.29, 1.82) is 0 Å². The van der Waals surface area contributed by atoms with Crippen LogP contribution in [-0.2, 0) is 14.8 Å². The molecule has 2 aliphatic rings. The molecule has 0 aromatic heterocycles. The molecule has 0 aliphatic carbocycles. The summed E-state index contributed by atoms with van der Waals surface area (Å²) in [6, 6.07) is 8.40. The molecule has 0 radical (unpaired) electrons. The number of hydrogen-bond donors (Lipinski definition) is 0. The van der Waals surface area contributed by atoms with Gasteiger partial charge in [0.15, 0.2) is 0 Å². The highest BCUT2D eigenvalue weighted by atomic mass is 32.2. The fourth-order valence-corrected chi connectivity index (χ4v) is 5.94. The molecule has 0 N–H and O–H groups in total. The molecule has 0 bridgehead atoms. The molecule has 2 aliphatic heterocycles. The zero-order valence-corrected chi connectivity index (χ0v) is 14.2. The van der Waals surface area contributed by atoms with E-state index in [1.165, 1.54) is 11.1 Å². The summed E-state index contributed by atoms with van der Waals surface area (Å²) in [6.45, 7) is 5.89. The van der Waals surface area contributed by atoms with Gasteiger partial charge >= 0.3 is 0 Å². The Balaban J connectivity index is 1.80. The van der Waals surface area contributed by atoms with Crippen LogP contribution in [0.4, 0.5) is 0 Å². The lowest BCUT2D eigenvalue weighted by atomic mass is 9.93. The molecule has 2 heterocycles. The van der Waals surface area contributed by atoms with Gasteiger partial charge in [-0.1, -0.05) is 24.3 Å². The topological polar surface area (TPSA) is 46.6 Å². The van der Waals surface area contributed by atoms with Gasteiger partial charge in [0.1, 0.15) is 0 Å². The number of aryl methyl sites for hydroxylation is 1. The first-order valence-corrected chi connectivity index (χ1v) is 9.64. The molecule has 122 valence electrons. The Morgan fingerprint density at radius 2 is 1.86 bits per heavy atom. The minimum atomic E-state index is -3.21. The van der Waals surface area contributed by atoms with Gasteiger partial charge in [0, 0.05) is 25.8 Å². The van der Waals surface area contributed by atoms with Crippen molar-refractivity contribution >= 4 is 10.0 Å². The van der Waals surface area contributed by atoms with E-state index in [-0.39, 0.29) is 11.3 Å². The lowest BCUT2D eigenvalue weighted by molar-refractivity contribution is 0.0971. The molecule has 2 atom stereocenters. The SMILES string of the molecule is Cc1ccccc1[C@H]1C[C@H](C)N(S(=O)(=O)C2CCOCC2)C1.